The molecule has 1 amide bonds. The number of carbonyl (C=O) groups excluding carboxylic acids is 1. The maximum Gasteiger partial charge on any atom is 0.251 e. The highest BCUT2D eigenvalue weighted by molar-refractivity contribution is 6.29. The minimum Gasteiger partial charge on any atom is -0.497 e. The smallest absolute Gasteiger partial charge is 0.251 e. The molecular formula is C22H18ClN3O3. The number of halogens is 1. The number of ether oxygens (including phenoxy) is 1. The predicted molar refractivity (Wildman–Crippen MR) is 111 cm³/mol. The van der Waals surface area contributed by atoms with Crippen molar-refractivity contribution in [2.75, 3.05) is 13.7 Å². The van der Waals surface area contributed by atoms with Crippen LogP contribution in [-0.4, -0.2) is 29.5 Å². The number of pyridine rings is 1. The van der Waals surface area contributed by atoms with Gasteiger partial charge < -0.3 is 14.5 Å². The number of nitrogens with one attached hydrogen (secondary N) is 1. The van der Waals surface area contributed by atoms with E-state index in [1.54, 1.807) is 43.6 Å². The van der Waals surface area contributed by atoms with Gasteiger partial charge in [0.15, 0.2) is 5.58 Å². The molecule has 1 N–H and O–H groups in total. The van der Waals surface area contributed by atoms with E-state index in [1.807, 2.05) is 24.3 Å². The van der Waals surface area contributed by atoms with E-state index in [4.69, 9.17) is 20.8 Å². The third kappa shape index (κ3) is 4.38. The summed E-state index contributed by atoms with van der Waals surface area (Å²) < 4.78 is 10.9. The molecule has 0 unspecified atom stereocenters. The van der Waals surface area contributed by atoms with Crippen molar-refractivity contribution in [2.24, 2.45) is 0 Å². The minimum atomic E-state index is -0.156. The zero-order valence-electron chi connectivity index (χ0n) is 15.7. The van der Waals surface area contributed by atoms with Crippen molar-refractivity contribution in [2.45, 2.75) is 6.42 Å². The van der Waals surface area contributed by atoms with Gasteiger partial charge in [-0.25, -0.2) is 9.97 Å². The molecule has 0 aliphatic carbocycles. The molecule has 2 heterocycles. The predicted octanol–water partition coefficient (Wildman–Crippen LogP) is 4.52. The third-order valence-electron chi connectivity index (χ3n) is 4.48. The van der Waals surface area contributed by atoms with Crippen molar-refractivity contribution < 1.29 is 13.9 Å². The number of amides is 1. The van der Waals surface area contributed by atoms with E-state index in [9.17, 15) is 4.79 Å². The van der Waals surface area contributed by atoms with Gasteiger partial charge in [0.1, 0.15) is 16.4 Å². The first-order chi connectivity index (χ1) is 14.1. The maximum atomic E-state index is 12.5. The highest BCUT2D eigenvalue weighted by Gasteiger charge is 2.12. The van der Waals surface area contributed by atoms with E-state index >= 15 is 0 Å². The molecule has 0 atom stereocenters. The zero-order valence-corrected chi connectivity index (χ0v) is 16.4. The third-order valence-corrected chi connectivity index (χ3v) is 4.69. The molecular weight excluding hydrogens is 390 g/mol. The van der Waals surface area contributed by atoms with Gasteiger partial charge in [-0.1, -0.05) is 23.7 Å². The Bertz CT molecular complexity index is 1160. The van der Waals surface area contributed by atoms with E-state index in [0.29, 0.717) is 34.3 Å². The van der Waals surface area contributed by atoms with Crippen LogP contribution in [0, 0.1) is 0 Å². The topological polar surface area (TPSA) is 77.2 Å². The summed E-state index contributed by atoms with van der Waals surface area (Å²) in [5.41, 5.74) is 3.59. The molecule has 4 rings (SSSR count). The van der Waals surface area contributed by atoms with Gasteiger partial charge in [0.25, 0.3) is 5.91 Å². The Balaban J connectivity index is 1.43. The van der Waals surface area contributed by atoms with Gasteiger partial charge in [0.2, 0.25) is 5.89 Å². The number of oxazole rings is 1. The van der Waals surface area contributed by atoms with Crippen LogP contribution < -0.4 is 10.1 Å². The van der Waals surface area contributed by atoms with Crippen LogP contribution in [0.4, 0.5) is 0 Å². The average Bonchev–Trinajstić information content (AvgIpc) is 3.17. The van der Waals surface area contributed by atoms with Crippen LogP contribution in [0.1, 0.15) is 15.9 Å². The van der Waals surface area contributed by atoms with Crippen molar-refractivity contribution in [3.05, 3.63) is 77.1 Å². The fourth-order valence-electron chi connectivity index (χ4n) is 2.94. The van der Waals surface area contributed by atoms with E-state index in [-0.39, 0.29) is 5.91 Å². The minimum absolute atomic E-state index is 0.156. The van der Waals surface area contributed by atoms with Crippen molar-refractivity contribution in [3.8, 4) is 17.2 Å². The Morgan fingerprint density at radius 1 is 1.14 bits per heavy atom. The zero-order chi connectivity index (χ0) is 20.2. The number of aromatic nitrogens is 2. The number of hydrogen-bond acceptors (Lipinski definition) is 5. The van der Waals surface area contributed by atoms with Crippen molar-refractivity contribution in [1.82, 2.24) is 15.3 Å². The number of nitrogens with zero attached hydrogens (tertiary/aromatic N) is 2. The summed E-state index contributed by atoms with van der Waals surface area (Å²) in [6, 6.07) is 16.4. The summed E-state index contributed by atoms with van der Waals surface area (Å²) in [5.74, 6) is 1.09. The number of rotatable bonds is 6. The highest BCUT2D eigenvalue weighted by Crippen LogP contribution is 2.26. The van der Waals surface area contributed by atoms with Crippen LogP contribution in [0.3, 0.4) is 0 Å². The second kappa shape index (κ2) is 8.32. The fraction of sp³-hybridized carbons (Fsp3) is 0.136. The molecule has 146 valence electrons. The van der Waals surface area contributed by atoms with Crippen LogP contribution in [-0.2, 0) is 6.42 Å². The van der Waals surface area contributed by atoms with Gasteiger partial charge in [-0.15, -0.1) is 0 Å². The number of benzene rings is 2. The first-order valence-corrected chi connectivity index (χ1v) is 9.44. The van der Waals surface area contributed by atoms with Gasteiger partial charge in [-0.2, -0.15) is 0 Å². The number of methoxy groups -OCH3 is 1. The van der Waals surface area contributed by atoms with Crippen LogP contribution in [0.15, 0.2) is 65.2 Å². The van der Waals surface area contributed by atoms with Crippen LogP contribution in [0.5, 0.6) is 5.75 Å². The summed E-state index contributed by atoms with van der Waals surface area (Å²) in [6.07, 6.45) is 2.32. The first kappa shape index (κ1) is 19.0. The lowest BCUT2D eigenvalue weighted by Crippen LogP contribution is -2.25. The van der Waals surface area contributed by atoms with Crippen molar-refractivity contribution in [1.29, 1.82) is 0 Å². The molecule has 0 aliphatic rings. The summed E-state index contributed by atoms with van der Waals surface area (Å²) >= 11 is 5.93. The number of fused-ring (bicyclic) bond motifs is 1. The second-order valence-corrected chi connectivity index (χ2v) is 6.81. The van der Waals surface area contributed by atoms with Gasteiger partial charge in [-0.05, 0) is 54.4 Å². The molecule has 7 heteroatoms. The molecule has 0 spiro atoms. The Labute approximate surface area is 172 Å². The molecule has 0 bridgehead atoms. The molecule has 0 fully saturated rings. The first-order valence-electron chi connectivity index (χ1n) is 9.06. The molecule has 2 aromatic carbocycles. The Morgan fingerprint density at radius 2 is 1.97 bits per heavy atom. The monoisotopic (exact) mass is 407 g/mol. The summed E-state index contributed by atoms with van der Waals surface area (Å²) in [4.78, 5) is 20.9. The lowest BCUT2D eigenvalue weighted by Gasteiger charge is -2.06. The standard InChI is InChI=1S/C22H18ClN3O3/c1-28-17-5-2-14(3-6-17)8-10-25-21(27)15-4-7-19-18(12-15)26-22(29-19)16-9-11-24-20(23)13-16/h2-7,9,11-13H,8,10H2,1H3,(H,25,27). The largest absolute Gasteiger partial charge is 0.497 e. The van der Waals surface area contributed by atoms with Crippen LogP contribution in [0.25, 0.3) is 22.6 Å². The lowest BCUT2D eigenvalue weighted by molar-refractivity contribution is 0.0954. The fourth-order valence-corrected chi connectivity index (χ4v) is 3.12. The van der Waals surface area contributed by atoms with Gasteiger partial charge in [0.05, 0.1) is 7.11 Å². The van der Waals surface area contributed by atoms with E-state index < -0.39 is 0 Å². The summed E-state index contributed by atoms with van der Waals surface area (Å²) in [7, 11) is 1.64. The Morgan fingerprint density at radius 3 is 2.72 bits per heavy atom. The van der Waals surface area contributed by atoms with Gasteiger partial charge >= 0.3 is 0 Å². The molecule has 0 saturated heterocycles. The Kier molecular flexibility index (Phi) is 5.44. The average molecular weight is 408 g/mol. The lowest BCUT2D eigenvalue weighted by atomic mass is 10.1. The molecule has 6 nitrogen and oxygen atoms in total. The normalized spacial score (nSPS) is 10.8. The van der Waals surface area contributed by atoms with E-state index in [0.717, 1.165) is 23.3 Å². The molecule has 0 aliphatic heterocycles. The van der Waals surface area contributed by atoms with Crippen LogP contribution in [0.2, 0.25) is 5.15 Å². The Hall–Kier alpha value is -3.38. The van der Waals surface area contributed by atoms with Gasteiger partial charge in [-0.3, -0.25) is 4.79 Å². The molecule has 29 heavy (non-hydrogen) atoms. The molecule has 0 radical (unpaired) electrons. The second-order valence-electron chi connectivity index (χ2n) is 6.42. The summed E-state index contributed by atoms with van der Waals surface area (Å²) in [5, 5.41) is 3.30. The maximum absolute atomic E-state index is 12.5. The van der Waals surface area contributed by atoms with Crippen molar-refractivity contribution in [3.63, 3.8) is 0 Å². The molecule has 4 aromatic rings. The SMILES string of the molecule is COc1ccc(CCNC(=O)c2ccc3oc(-c4ccnc(Cl)c4)nc3c2)cc1. The number of hydrogen-bond donors (Lipinski definition) is 1. The van der Waals surface area contributed by atoms with E-state index in [1.165, 1.54) is 0 Å². The number of carbonyl (C=O) groups is 1. The highest BCUT2D eigenvalue weighted by atomic mass is 35.5. The van der Waals surface area contributed by atoms with Crippen molar-refractivity contribution >= 4 is 28.6 Å². The quantitative estimate of drug-likeness (QED) is 0.475. The van der Waals surface area contributed by atoms with Crippen LogP contribution >= 0.6 is 11.6 Å². The van der Waals surface area contributed by atoms with E-state index in [2.05, 4.69) is 15.3 Å². The summed E-state index contributed by atoms with van der Waals surface area (Å²) in [6.45, 7) is 0.531. The molecule has 2 aromatic heterocycles. The van der Waals surface area contributed by atoms with Gasteiger partial charge in [0, 0.05) is 23.9 Å². The molecule has 0 saturated carbocycles.